The minimum atomic E-state index is -1.65. The van der Waals surface area contributed by atoms with Crippen LogP contribution in [0.5, 0.6) is 0 Å². The van der Waals surface area contributed by atoms with Crippen LogP contribution in [0.3, 0.4) is 0 Å². The Morgan fingerprint density at radius 1 is 0.581 bits per heavy atom. The largest absolute Gasteiger partial charge is 0.396 e. The van der Waals surface area contributed by atoms with Gasteiger partial charge in [0.2, 0.25) is 76.8 Å². The number of H-pyrrole nitrogens is 3. The molecule has 35 nitrogen and oxygen atoms in total. The molecular formula is C93H129N17O18S. The van der Waals surface area contributed by atoms with E-state index in [2.05, 4.69) is 51.8 Å². The first-order valence-corrected chi connectivity index (χ1v) is 45.8. The number of primary amides is 2. The third kappa shape index (κ3) is 28.8. The summed E-state index contributed by atoms with van der Waals surface area (Å²) in [5.74, 6) is -19.0. The van der Waals surface area contributed by atoms with E-state index in [0.29, 0.717) is 82.7 Å². The summed E-state index contributed by atoms with van der Waals surface area (Å²) in [6.07, 6.45) is 6.17. The number of hydrogen-bond donors (Lipinski definition) is 12. The van der Waals surface area contributed by atoms with E-state index >= 15 is 24.0 Å². The number of aromatic nitrogens is 4. The molecule has 36 heteroatoms. The second-order valence-corrected chi connectivity index (χ2v) is 35.6. The van der Waals surface area contributed by atoms with E-state index in [1.165, 1.54) is 62.3 Å². The van der Waals surface area contributed by atoms with Crippen molar-refractivity contribution in [2.24, 2.45) is 41.1 Å². The van der Waals surface area contributed by atoms with Crippen LogP contribution in [-0.2, 0) is 101 Å². The molecule has 2 aliphatic rings. The fourth-order valence-corrected chi connectivity index (χ4v) is 17.7. The molecule has 0 saturated carbocycles. The minimum absolute atomic E-state index is 0.0165. The van der Waals surface area contributed by atoms with E-state index in [0.717, 1.165) is 21.6 Å². The Hall–Kier alpha value is -12.0. The molecule has 700 valence electrons. The van der Waals surface area contributed by atoms with Crippen molar-refractivity contribution in [1.82, 2.24) is 76.3 Å². The maximum absolute atomic E-state index is 15.7. The van der Waals surface area contributed by atoms with Crippen LogP contribution in [0.25, 0.3) is 21.8 Å². The molecule has 129 heavy (non-hydrogen) atoms. The van der Waals surface area contributed by atoms with Gasteiger partial charge in [0.25, 0.3) is 0 Å². The number of aliphatic hydroxyl groups excluding tert-OH is 1. The summed E-state index contributed by atoms with van der Waals surface area (Å²) in [6, 6.07) is 10.7. The summed E-state index contributed by atoms with van der Waals surface area (Å²) < 4.78 is 0. The molecule has 13 amide bonds. The van der Waals surface area contributed by atoms with Gasteiger partial charge in [0, 0.05) is 143 Å². The summed E-state index contributed by atoms with van der Waals surface area (Å²) in [5.41, 5.74) is 14.7. The second kappa shape index (κ2) is 49.6. The summed E-state index contributed by atoms with van der Waals surface area (Å²) in [6.45, 7) is 10.2. The van der Waals surface area contributed by atoms with Crippen LogP contribution in [0.1, 0.15) is 180 Å². The first-order chi connectivity index (χ1) is 61.5. The van der Waals surface area contributed by atoms with Crippen LogP contribution < -0.4 is 43.4 Å². The number of Topliss-reactive ketones (excluding diaryl/α,β-unsaturated/α-hetero) is 4. The van der Waals surface area contributed by atoms with Crippen molar-refractivity contribution in [3.05, 3.63) is 126 Å². The fraction of sp³-hybridized carbons (Fsp3) is 0.548. The molecule has 14 N–H and O–H groups in total. The summed E-state index contributed by atoms with van der Waals surface area (Å²) in [4.78, 5) is 268. The number of para-hydroxylation sites is 2. The number of aromatic amines is 3. The number of thioether (sulfide) groups is 1. The Morgan fingerprint density at radius 3 is 1.76 bits per heavy atom. The van der Waals surface area contributed by atoms with Gasteiger partial charge in [0.1, 0.15) is 42.0 Å². The number of aliphatic hydroxyl groups is 1. The third-order valence-electron chi connectivity index (χ3n) is 24.6. The zero-order chi connectivity index (χ0) is 94.5. The molecule has 1 unspecified atom stereocenters. The quantitative estimate of drug-likeness (QED) is 0.0425. The Labute approximate surface area is 756 Å². The van der Waals surface area contributed by atoms with Gasteiger partial charge in [-0.05, 0) is 86.1 Å². The number of unbranched alkanes of at least 4 members (excludes halogenated alkanes) is 2. The van der Waals surface area contributed by atoms with E-state index in [4.69, 9.17) is 11.5 Å². The van der Waals surface area contributed by atoms with Crippen molar-refractivity contribution in [3.63, 3.8) is 0 Å². The summed E-state index contributed by atoms with van der Waals surface area (Å²) in [7, 11) is 5.53. The maximum atomic E-state index is 15.7. The number of amides is 13. The van der Waals surface area contributed by atoms with Gasteiger partial charge in [0.05, 0.1) is 68.2 Å². The van der Waals surface area contributed by atoms with E-state index in [1.807, 2.05) is 58.0 Å². The summed E-state index contributed by atoms with van der Waals surface area (Å²) in [5, 5.41) is 28.8. The zero-order valence-corrected chi connectivity index (χ0v) is 76.6. The average Bonchev–Trinajstić information content (AvgIpc) is 1.79. The number of fused-ring (bicyclic) bond motifs is 3. The number of nitrogens with one attached hydrogen (secondary N) is 9. The number of benzene rings is 3. The molecule has 0 radical (unpaired) electrons. The number of hydrogen-bond acceptors (Lipinski definition) is 20. The van der Waals surface area contributed by atoms with Crippen LogP contribution in [0, 0.1) is 29.6 Å². The smallest absolute Gasteiger partial charge is 0.246 e. The van der Waals surface area contributed by atoms with E-state index in [9.17, 15) is 62.6 Å². The highest BCUT2D eigenvalue weighted by molar-refractivity contribution is 8.00. The van der Waals surface area contributed by atoms with Gasteiger partial charge in [0.15, 0.2) is 17.3 Å². The topological polar surface area (TPSA) is 511 Å². The van der Waals surface area contributed by atoms with Crippen molar-refractivity contribution < 1.29 is 86.6 Å². The number of nitrogens with two attached hydrogens (primary N) is 2. The molecule has 3 aromatic heterocycles. The molecule has 2 fully saturated rings. The highest BCUT2D eigenvalue weighted by Crippen LogP contribution is 2.32. The van der Waals surface area contributed by atoms with Crippen molar-refractivity contribution in [1.29, 1.82) is 0 Å². The lowest BCUT2D eigenvalue weighted by Gasteiger charge is -2.36. The third-order valence-corrected chi connectivity index (χ3v) is 25.7. The van der Waals surface area contributed by atoms with Gasteiger partial charge in [-0.2, -0.15) is 0 Å². The fourth-order valence-electron chi connectivity index (χ4n) is 16.9. The average molecular weight is 1810 g/mol. The number of imidazole rings is 1. The van der Waals surface area contributed by atoms with Crippen LogP contribution in [0.15, 0.2) is 104 Å². The van der Waals surface area contributed by atoms with E-state index in [1.54, 1.807) is 74.8 Å². The van der Waals surface area contributed by atoms with Gasteiger partial charge in [-0.3, -0.25) is 81.5 Å². The molecule has 2 aliphatic heterocycles. The number of carbonyl (C=O) groups excluding carboxylic acids is 17. The predicted octanol–water partition coefficient (Wildman–Crippen LogP) is 4.32. The number of rotatable bonds is 23. The van der Waals surface area contributed by atoms with Crippen LogP contribution >= 0.6 is 11.8 Å². The molecule has 6 aromatic rings. The Bertz CT molecular complexity index is 4920. The van der Waals surface area contributed by atoms with Crippen molar-refractivity contribution in [2.75, 3.05) is 65.9 Å². The zero-order valence-electron chi connectivity index (χ0n) is 75.8. The predicted molar refractivity (Wildman–Crippen MR) is 485 cm³/mol. The van der Waals surface area contributed by atoms with Crippen molar-refractivity contribution in [3.8, 4) is 0 Å². The number of nitrogens with zero attached hydrogens (tertiary/aromatic N) is 6. The molecule has 8 rings (SSSR count). The van der Waals surface area contributed by atoms with Crippen molar-refractivity contribution >= 4 is 133 Å². The normalized spacial score (nSPS) is 24.4. The van der Waals surface area contributed by atoms with Crippen LogP contribution in [0.2, 0.25) is 0 Å². The molecule has 14 atom stereocenters. The van der Waals surface area contributed by atoms with Gasteiger partial charge >= 0.3 is 0 Å². The van der Waals surface area contributed by atoms with E-state index < -0.39 is 229 Å². The van der Waals surface area contributed by atoms with Crippen LogP contribution in [-0.4, -0.2) is 270 Å². The lowest BCUT2D eigenvalue weighted by atomic mass is 9.84. The molecule has 3 aromatic carbocycles. The minimum Gasteiger partial charge on any atom is -0.396 e. The number of carbonyl (C=O) groups is 17. The van der Waals surface area contributed by atoms with Gasteiger partial charge in [-0.15, -0.1) is 11.8 Å². The molecule has 2 saturated heterocycles. The Kier molecular flexibility index (Phi) is 39.4. The summed E-state index contributed by atoms with van der Waals surface area (Å²) >= 11 is 0.864. The highest BCUT2D eigenvalue weighted by Gasteiger charge is 2.44. The maximum Gasteiger partial charge on any atom is 0.246 e. The van der Waals surface area contributed by atoms with Gasteiger partial charge in [-0.25, -0.2) is 4.98 Å². The molecule has 0 aliphatic carbocycles. The molecule has 0 bridgehead atoms. The van der Waals surface area contributed by atoms with Crippen LogP contribution in [0.4, 0.5) is 0 Å². The molecule has 5 heterocycles. The Balaban J connectivity index is 1.16. The standard InChI is InChI=1S/C93H129N17O18S/c1-12-15-31-74-80(115)43-65(55(6)14-3)87(122)105-73(88(123)99-48-82(95)117)51-129-52-84(119)102-69(38-57-25-18-17-19-26-57)90(125)107(9)56(7)85(120)103-71(44-81(94)116)92(127)110-36-24-33-75(110)77(112)35-34-64(72-47-96-53-100-72)78(113)41-58(37-54(4)5)89(124)106(8)49-83(118)101-68(39-59-45-97-66-29-22-20-27-62(59)66)79(114)42-61(50-111)86(121)104-70(40-60-46-98-67-30-23-21-28-63(60)67)91(126)109(11)76(32-16-13-2)93(128)108(74)10/h17-23,25-30,45-47,53-56,58,61,64-65,68-71,73-76,97-98,111H,12-16,24,31-44,48-52H2,1-11H3,(H2,94,116)(H2,95,117)(H,96,100)(H,99,123)(H,101,118)(H,102,119)(H,103,120)(H,104,121)(H,105,122)/t55-,56-,58+,61-,64?,65-,68-,69-,70-,71-,73-,74-,75-,76-/m0/s1. The van der Waals surface area contributed by atoms with E-state index in [-0.39, 0.29) is 82.4 Å². The Morgan fingerprint density at radius 2 is 1.16 bits per heavy atom. The SMILES string of the molecule is CCCC[C@H]1C(=O)N(C)[C@@H](CCCC)C(=O)C[C@@H]([C@@H](C)CC)C(=O)N[C@H](C(=O)NCC(N)=O)CSCC(=O)N[C@@H](Cc2ccccc2)C(=O)N(C)[C@@H](C)C(=O)N[C@@H](CC(N)=O)C(=O)N2CCC[C@H]2C(=O)CCC(c2cnc[nH]2)C(=O)C[C@@H](CC(C)C)C(=O)N(C)CC(=O)N[C@@H](Cc2c[nH]c3ccccc23)C(=O)C[C@@H](CO)C(=O)N[C@@H](Cc2c[nH]c3ccccc23)C(=O)N1C. The van der Waals surface area contributed by atoms with Gasteiger partial charge < -0.3 is 87.9 Å². The molecule has 0 spiro atoms. The lowest BCUT2D eigenvalue weighted by molar-refractivity contribution is -0.149. The second-order valence-electron chi connectivity index (χ2n) is 34.6. The lowest BCUT2D eigenvalue weighted by Crippen LogP contribution is -2.58. The monoisotopic (exact) mass is 1800 g/mol. The first-order valence-electron chi connectivity index (χ1n) is 44.6. The first kappa shape index (κ1) is 102. The van der Waals surface area contributed by atoms with Crippen molar-refractivity contribution in [2.45, 2.75) is 231 Å². The number of ketones is 4. The molecular weight excluding hydrogens is 1680 g/mol. The highest BCUT2D eigenvalue weighted by atomic mass is 32.2. The van der Waals surface area contributed by atoms with Gasteiger partial charge in [-0.1, -0.05) is 140 Å². The number of likely N-dealkylation sites (N-methyl/N-ethyl adjacent to an activating group) is 4.